The molecule has 0 saturated heterocycles. The first-order valence-corrected chi connectivity index (χ1v) is 0. The zero-order valence-electron chi connectivity index (χ0n) is 4.34. The molecule has 0 aromatic heterocycles. The van der Waals surface area contributed by atoms with Crippen LogP contribution >= 0.6 is 0 Å². The van der Waals surface area contributed by atoms with E-state index in [1.165, 1.54) is 0 Å². The number of halogens is 4. The molecule has 0 N–H and O–H groups in total. The molecule has 0 aromatic carbocycles. The molecule has 0 nitrogen and oxygen atoms in total. The Balaban J connectivity index is 0. The van der Waals surface area contributed by atoms with Crippen molar-refractivity contribution in [2.75, 3.05) is 0 Å². The van der Waals surface area contributed by atoms with Crippen LogP contribution in [0.4, 0.5) is 0 Å². The Morgan fingerprint density at radius 2 is 0.250 bits per heavy atom. The molecule has 0 aliphatic carbocycles. The van der Waals surface area contributed by atoms with Gasteiger partial charge >= 0.3 is 151 Å². The monoisotopic (exact) mass is 300 g/mol. The van der Waals surface area contributed by atoms with Crippen LogP contribution < -0.4 is 49.6 Å². The molecular formula is Ca4Cl4+4. The van der Waals surface area contributed by atoms with Crippen molar-refractivity contribution >= 4 is 151 Å². The topological polar surface area (TPSA) is 0 Å². The minimum absolute atomic E-state index is 0. The number of hydrogen-bond acceptors (Lipinski definition) is 0. The zero-order valence-corrected chi connectivity index (χ0v) is 16.2. The van der Waals surface area contributed by atoms with E-state index < -0.39 is 0 Å². The first kappa shape index (κ1) is 64.4. The molecule has 0 spiro atoms. The van der Waals surface area contributed by atoms with Crippen LogP contribution in [0.5, 0.6) is 0 Å². The Kier molecular flexibility index (Phi) is 411. The van der Waals surface area contributed by atoms with Crippen LogP contribution in [-0.2, 0) is 0 Å². The Morgan fingerprint density at radius 1 is 0.250 bits per heavy atom. The average Bonchev–Trinajstić information content (AvgIpc) is 0. The maximum absolute atomic E-state index is 0. The van der Waals surface area contributed by atoms with Gasteiger partial charge in [-0.15, -0.1) is 0 Å². The summed E-state index contributed by atoms with van der Waals surface area (Å²) < 4.78 is 0. The van der Waals surface area contributed by atoms with Gasteiger partial charge in [0, 0.05) is 0 Å². The van der Waals surface area contributed by atoms with Crippen LogP contribution in [0.2, 0.25) is 0 Å². The van der Waals surface area contributed by atoms with Crippen molar-refractivity contribution < 1.29 is 49.6 Å². The smallest absolute Gasteiger partial charge is 1.00 e. The van der Waals surface area contributed by atoms with Gasteiger partial charge in [-0.1, -0.05) is 0 Å². The summed E-state index contributed by atoms with van der Waals surface area (Å²) in [6.07, 6.45) is 0. The van der Waals surface area contributed by atoms with Crippen LogP contribution in [0, 0.1) is 0 Å². The molecule has 32 valence electrons. The third kappa shape index (κ3) is 39.8. The zero-order chi connectivity index (χ0) is 0. The summed E-state index contributed by atoms with van der Waals surface area (Å²) in [6, 6.07) is 0. The van der Waals surface area contributed by atoms with E-state index in [0.717, 1.165) is 0 Å². The van der Waals surface area contributed by atoms with Gasteiger partial charge in [-0.25, -0.2) is 0 Å². The van der Waals surface area contributed by atoms with Crippen molar-refractivity contribution in [2.24, 2.45) is 0 Å². The predicted octanol–water partition coefficient (Wildman–Crippen LogP) is -13.5. The Morgan fingerprint density at radius 3 is 0.250 bits per heavy atom. The summed E-state index contributed by atoms with van der Waals surface area (Å²) in [7, 11) is 0. The predicted molar refractivity (Wildman–Crippen MR) is 23.0 cm³/mol. The fourth-order valence-electron chi connectivity index (χ4n) is 0. The molecule has 0 bridgehead atoms. The van der Waals surface area contributed by atoms with E-state index in [2.05, 4.69) is 0 Å². The van der Waals surface area contributed by atoms with E-state index in [4.69, 9.17) is 0 Å². The second kappa shape index (κ2) is 51.1. The molecule has 0 atom stereocenters. The van der Waals surface area contributed by atoms with Crippen molar-refractivity contribution in [2.45, 2.75) is 0 Å². The molecule has 0 aliphatic heterocycles. The van der Waals surface area contributed by atoms with Crippen LogP contribution in [0.3, 0.4) is 0 Å². The van der Waals surface area contributed by atoms with Gasteiger partial charge in [0.25, 0.3) is 0 Å². The van der Waals surface area contributed by atoms with Gasteiger partial charge in [-0.05, 0) is 0 Å². The van der Waals surface area contributed by atoms with Crippen LogP contribution in [0.25, 0.3) is 0 Å². The van der Waals surface area contributed by atoms with Gasteiger partial charge in [0.2, 0.25) is 0 Å². The van der Waals surface area contributed by atoms with Gasteiger partial charge in [-0.3, -0.25) is 0 Å². The van der Waals surface area contributed by atoms with E-state index >= 15 is 0 Å². The molecule has 0 saturated carbocycles. The van der Waals surface area contributed by atoms with Crippen molar-refractivity contribution in [3.63, 3.8) is 0 Å². The minimum Gasteiger partial charge on any atom is -1.00 e. The second-order valence-electron chi connectivity index (χ2n) is 0. The molecule has 0 rings (SSSR count). The Bertz CT molecular complexity index is 8.00. The molecule has 0 aliphatic rings. The molecular weight excluding hydrogens is 302 g/mol. The summed E-state index contributed by atoms with van der Waals surface area (Å²) in [5.41, 5.74) is 0. The summed E-state index contributed by atoms with van der Waals surface area (Å²) in [4.78, 5) is 0. The third-order valence-electron chi connectivity index (χ3n) is 0. The third-order valence-corrected chi connectivity index (χ3v) is 0. The SMILES string of the molecule is [Ca+2].[Ca+2].[Ca+2].[Ca+2].[Cl-].[Cl-].[Cl-].[Cl-]. The van der Waals surface area contributed by atoms with Gasteiger partial charge < -0.3 is 49.6 Å². The fraction of sp³-hybridized carbons (Fsp3) is 0. The molecule has 0 radical (unpaired) electrons. The Labute approximate surface area is 194 Å². The van der Waals surface area contributed by atoms with Crippen molar-refractivity contribution in [1.29, 1.82) is 0 Å². The molecule has 0 fully saturated rings. The summed E-state index contributed by atoms with van der Waals surface area (Å²) >= 11 is 0. The van der Waals surface area contributed by atoms with Gasteiger partial charge in [0.05, 0.1) is 0 Å². The van der Waals surface area contributed by atoms with Crippen molar-refractivity contribution in [3.8, 4) is 0 Å². The van der Waals surface area contributed by atoms with E-state index in [1.807, 2.05) is 0 Å². The second-order valence-corrected chi connectivity index (χ2v) is 0. The molecule has 8 heteroatoms. The summed E-state index contributed by atoms with van der Waals surface area (Å²) in [6.45, 7) is 0. The number of hydrogen-bond donors (Lipinski definition) is 0. The van der Waals surface area contributed by atoms with Crippen LogP contribution in [-0.4, -0.2) is 151 Å². The van der Waals surface area contributed by atoms with Gasteiger partial charge in [0.15, 0.2) is 0 Å². The normalized spacial score (nSPS) is 0. The van der Waals surface area contributed by atoms with Crippen molar-refractivity contribution in [1.82, 2.24) is 0 Å². The van der Waals surface area contributed by atoms with E-state index in [1.54, 1.807) is 0 Å². The van der Waals surface area contributed by atoms with Gasteiger partial charge in [0.1, 0.15) is 0 Å². The molecule has 0 aromatic rings. The average molecular weight is 302 g/mol. The van der Waals surface area contributed by atoms with Crippen LogP contribution in [0.15, 0.2) is 0 Å². The molecule has 8 heavy (non-hydrogen) atoms. The maximum Gasteiger partial charge on any atom is 2.00 e. The van der Waals surface area contributed by atoms with E-state index in [0.29, 0.717) is 0 Å². The summed E-state index contributed by atoms with van der Waals surface area (Å²) in [5.74, 6) is 0. The summed E-state index contributed by atoms with van der Waals surface area (Å²) in [5, 5.41) is 0. The van der Waals surface area contributed by atoms with Gasteiger partial charge in [-0.2, -0.15) is 0 Å². The molecule has 0 heterocycles. The first-order valence-electron chi connectivity index (χ1n) is 0. The quantitative estimate of drug-likeness (QED) is 0.390. The minimum atomic E-state index is 0. The standard InChI is InChI=1S/4Ca.4ClH/h;;;;4*1H/q4*+2;;;;/p-4. The van der Waals surface area contributed by atoms with Crippen molar-refractivity contribution in [3.05, 3.63) is 0 Å². The molecule has 0 unspecified atom stereocenters. The first-order chi connectivity index (χ1) is 0. The fourth-order valence-corrected chi connectivity index (χ4v) is 0. The maximum atomic E-state index is 0. The molecule has 0 amide bonds. The largest absolute Gasteiger partial charge is 2.00 e. The Hall–Kier alpha value is 6.20. The number of rotatable bonds is 0. The van der Waals surface area contributed by atoms with E-state index in [9.17, 15) is 0 Å². The van der Waals surface area contributed by atoms with E-state index in [-0.39, 0.29) is 201 Å². The van der Waals surface area contributed by atoms with Crippen LogP contribution in [0.1, 0.15) is 0 Å².